The van der Waals surface area contributed by atoms with Crippen molar-refractivity contribution in [1.82, 2.24) is 14.5 Å². The van der Waals surface area contributed by atoms with E-state index in [-0.39, 0.29) is 22.9 Å². The standard InChI is InChI=1S/C16H17ClN4O3S/c17-11-1-3-13(4-2-11)25(23,24)21-12-5-10(8-19-22)6-16(21)14-9-18-20-15(14)7-12/h1-4,8-10,12,16,22H,5-7H2,(H,18,20). The maximum Gasteiger partial charge on any atom is 0.243 e. The van der Waals surface area contributed by atoms with Crippen LogP contribution in [0.25, 0.3) is 0 Å². The van der Waals surface area contributed by atoms with E-state index in [0.717, 1.165) is 11.3 Å². The molecular formula is C16H17ClN4O3S. The van der Waals surface area contributed by atoms with E-state index in [9.17, 15) is 8.42 Å². The minimum absolute atomic E-state index is 0.0275. The minimum Gasteiger partial charge on any atom is -0.411 e. The average molecular weight is 381 g/mol. The third kappa shape index (κ3) is 2.74. The van der Waals surface area contributed by atoms with Gasteiger partial charge in [-0.2, -0.15) is 9.40 Å². The zero-order chi connectivity index (χ0) is 17.6. The number of rotatable bonds is 3. The normalized spacial score (nSPS) is 26.7. The van der Waals surface area contributed by atoms with E-state index < -0.39 is 10.0 Å². The number of halogens is 1. The Morgan fingerprint density at radius 1 is 1.32 bits per heavy atom. The molecule has 4 rings (SSSR count). The molecule has 3 unspecified atom stereocenters. The van der Waals surface area contributed by atoms with Crippen LogP contribution in [-0.2, 0) is 16.4 Å². The lowest BCUT2D eigenvalue weighted by Gasteiger charge is -2.46. The first kappa shape index (κ1) is 16.6. The number of nitrogens with zero attached hydrogens (tertiary/aromatic N) is 3. The molecule has 0 radical (unpaired) electrons. The Morgan fingerprint density at radius 2 is 2.08 bits per heavy atom. The lowest BCUT2D eigenvalue weighted by molar-refractivity contribution is 0.142. The van der Waals surface area contributed by atoms with Crippen molar-refractivity contribution in [3.8, 4) is 0 Å². The zero-order valence-corrected chi connectivity index (χ0v) is 14.8. The van der Waals surface area contributed by atoms with Gasteiger partial charge in [0.15, 0.2) is 0 Å². The Labute approximate surface area is 150 Å². The smallest absolute Gasteiger partial charge is 0.243 e. The van der Waals surface area contributed by atoms with Crippen LogP contribution < -0.4 is 0 Å². The highest BCUT2D eigenvalue weighted by Gasteiger charge is 2.47. The Morgan fingerprint density at radius 3 is 2.80 bits per heavy atom. The molecule has 25 heavy (non-hydrogen) atoms. The summed E-state index contributed by atoms with van der Waals surface area (Å²) in [4.78, 5) is 0.230. The fourth-order valence-corrected chi connectivity index (χ4v) is 5.89. The van der Waals surface area contributed by atoms with Crippen LogP contribution in [0.4, 0.5) is 0 Å². The SMILES string of the molecule is O=S(=O)(c1ccc(Cl)cc1)N1C2Cc3[nH]ncc3C1CC(C=NO)C2. The molecule has 0 spiro atoms. The molecule has 2 N–H and O–H groups in total. The number of hydrogen-bond donors (Lipinski definition) is 2. The Hall–Kier alpha value is -1.90. The summed E-state index contributed by atoms with van der Waals surface area (Å²) < 4.78 is 28.1. The Bertz CT molecular complexity index is 910. The van der Waals surface area contributed by atoms with Crippen LogP contribution in [0.15, 0.2) is 40.5 Å². The Balaban J connectivity index is 1.78. The summed E-state index contributed by atoms with van der Waals surface area (Å²) in [5.74, 6) is 0.0275. The van der Waals surface area contributed by atoms with E-state index in [1.54, 1.807) is 22.6 Å². The van der Waals surface area contributed by atoms with Gasteiger partial charge in [-0.25, -0.2) is 8.42 Å². The molecule has 1 aromatic heterocycles. The van der Waals surface area contributed by atoms with Gasteiger partial charge >= 0.3 is 0 Å². The van der Waals surface area contributed by atoms with Crippen LogP contribution in [0, 0.1) is 5.92 Å². The van der Waals surface area contributed by atoms with Gasteiger partial charge < -0.3 is 5.21 Å². The number of sulfonamides is 1. The maximum atomic E-state index is 13.3. The molecule has 1 aromatic carbocycles. The summed E-state index contributed by atoms with van der Waals surface area (Å²) in [5, 5.41) is 19.6. The fraction of sp³-hybridized carbons (Fsp3) is 0.375. The minimum atomic E-state index is -3.67. The number of aromatic nitrogens is 2. The van der Waals surface area contributed by atoms with Gasteiger partial charge in [-0.3, -0.25) is 5.10 Å². The molecule has 132 valence electrons. The predicted molar refractivity (Wildman–Crippen MR) is 92.3 cm³/mol. The van der Waals surface area contributed by atoms with E-state index in [0.29, 0.717) is 24.3 Å². The lowest BCUT2D eigenvalue weighted by Crippen LogP contribution is -2.51. The number of piperidine rings is 1. The summed E-state index contributed by atoms with van der Waals surface area (Å²) in [6.45, 7) is 0. The van der Waals surface area contributed by atoms with Crippen molar-refractivity contribution in [3.63, 3.8) is 0 Å². The van der Waals surface area contributed by atoms with Crippen molar-refractivity contribution in [2.24, 2.45) is 11.1 Å². The molecule has 2 aliphatic rings. The average Bonchev–Trinajstić information content (AvgIpc) is 3.03. The van der Waals surface area contributed by atoms with Crippen molar-refractivity contribution in [1.29, 1.82) is 0 Å². The largest absolute Gasteiger partial charge is 0.411 e. The number of nitrogens with one attached hydrogen (secondary N) is 1. The van der Waals surface area contributed by atoms with E-state index in [4.69, 9.17) is 16.8 Å². The first-order chi connectivity index (χ1) is 12.0. The molecule has 2 aliphatic heterocycles. The summed E-state index contributed by atoms with van der Waals surface area (Å²) in [6.07, 6.45) is 4.91. The van der Waals surface area contributed by atoms with Crippen LogP contribution in [0.1, 0.15) is 30.1 Å². The van der Waals surface area contributed by atoms with Gasteiger partial charge in [0.05, 0.1) is 17.1 Å². The summed E-state index contributed by atoms with van der Waals surface area (Å²) in [7, 11) is -3.67. The van der Waals surface area contributed by atoms with Gasteiger partial charge in [-0.05, 0) is 37.1 Å². The maximum absolute atomic E-state index is 13.3. The third-order valence-electron chi connectivity index (χ3n) is 4.98. The van der Waals surface area contributed by atoms with Gasteiger partial charge in [0.25, 0.3) is 0 Å². The molecule has 0 aliphatic carbocycles. The second-order valence-corrected chi connectivity index (χ2v) is 8.74. The third-order valence-corrected chi connectivity index (χ3v) is 7.21. The van der Waals surface area contributed by atoms with E-state index in [1.165, 1.54) is 18.3 Å². The first-order valence-electron chi connectivity index (χ1n) is 7.99. The molecule has 0 amide bonds. The molecule has 0 saturated carbocycles. The zero-order valence-electron chi connectivity index (χ0n) is 13.2. The van der Waals surface area contributed by atoms with Gasteiger partial charge in [-0.15, -0.1) is 5.16 Å². The second kappa shape index (κ2) is 6.12. The number of benzene rings is 1. The van der Waals surface area contributed by atoms with Crippen molar-refractivity contribution >= 4 is 27.8 Å². The Kier molecular flexibility index (Phi) is 4.05. The van der Waals surface area contributed by atoms with Crippen LogP contribution in [-0.4, -0.2) is 40.4 Å². The fourth-order valence-electron chi connectivity index (χ4n) is 3.95. The molecule has 3 atom stereocenters. The predicted octanol–water partition coefficient (Wildman–Crippen LogP) is 2.59. The number of hydrogen-bond acceptors (Lipinski definition) is 5. The number of aromatic amines is 1. The molecule has 2 aromatic rings. The second-order valence-electron chi connectivity index (χ2n) is 6.46. The van der Waals surface area contributed by atoms with Gasteiger partial charge in [0, 0.05) is 40.9 Å². The molecule has 1 saturated heterocycles. The van der Waals surface area contributed by atoms with Crippen LogP contribution >= 0.6 is 11.6 Å². The van der Waals surface area contributed by atoms with Crippen molar-refractivity contribution in [2.45, 2.75) is 36.2 Å². The van der Waals surface area contributed by atoms with Gasteiger partial charge in [-0.1, -0.05) is 11.6 Å². The van der Waals surface area contributed by atoms with Crippen LogP contribution in [0.2, 0.25) is 5.02 Å². The van der Waals surface area contributed by atoms with E-state index in [1.807, 2.05) is 0 Å². The van der Waals surface area contributed by atoms with E-state index in [2.05, 4.69) is 15.4 Å². The topological polar surface area (TPSA) is 98.7 Å². The summed E-state index contributed by atoms with van der Waals surface area (Å²) >= 11 is 5.89. The van der Waals surface area contributed by atoms with Gasteiger partial charge in [0.1, 0.15) is 0 Å². The highest BCUT2D eigenvalue weighted by Crippen LogP contribution is 2.46. The quantitative estimate of drug-likeness (QED) is 0.485. The van der Waals surface area contributed by atoms with Gasteiger partial charge in [0.2, 0.25) is 10.0 Å². The monoisotopic (exact) mass is 380 g/mol. The summed E-state index contributed by atoms with van der Waals surface area (Å²) in [5.41, 5.74) is 1.88. The molecule has 3 heterocycles. The number of oxime groups is 1. The van der Waals surface area contributed by atoms with Crippen molar-refractivity contribution < 1.29 is 13.6 Å². The lowest BCUT2D eigenvalue weighted by atomic mass is 9.80. The van der Waals surface area contributed by atoms with Crippen LogP contribution in [0.3, 0.4) is 0 Å². The van der Waals surface area contributed by atoms with E-state index >= 15 is 0 Å². The molecule has 9 heteroatoms. The molecule has 2 bridgehead atoms. The molecular weight excluding hydrogens is 364 g/mol. The number of fused-ring (bicyclic) bond motifs is 4. The number of H-pyrrole nitrogens is 1. The van der Waals surface area contributed by atoms with Crippen LogP contribution in [0.5, 0.6) is 0 Å². The van der Waals surface area contributed by atoms with Crippen molar-refractivity contribution in [2.75, 3.05) is 0 Å². The first-order valence-corrected chi connectivity index (χ1v) is 9.81. The summed E-state index contributed by atoms with van der Waals surface area (Å²) in [6, 6.07) is 5.69. The van der Waals surface area contributed by atoms with Crippen molar-refractivity contribution in [3.05, 3.63) is 46.7 Å². The highest BCUT2D eigenvalue weighted by molar-refractivity contribution is 7.89. The molecule has 1 fully saturated rings. The molecule has 7 nitrogen and oxygen atoms in total. The highest BCUT2D eigenvalue weighted by atomic mass is 35.5.